The Morgan fingerprint density at radius 2 is 2.00 bits per heavy atom. The fourth-order valence-electron chi connectivity index (χ4n) is 2.65. The number of rotatable bonds is 6. The van der Waals surface area contributed by atoms with Gasteiger partial charge in [0.1, 0.15) is 5.69 Å². The van der Waals surface area contributed by atoms with Crippen molar-refractivity contribution in [1.82, 2.24) is 15.6 Å². The summed E-state index contributed by atoms with van der Waals surface area (Å²) in [5.41, 5.74) is 1.29. The molecule has 132 valence electrons. The van der Waals surface area contributed by atoms with E-state index in [1.807, 2.05) is 49.4 Å². The molecule has 3 aromatic rings. The van der Waals surface area contributed by atoms with Gasteiger partial charge in [-0.3, -0.25) is 9.59 Å². The number of nitrogens with one attached hydrogen (secondary N) is 2. The number of thiazole rings is 1. The molecular weight excluding hydrogens is 346 g/mol. The van der Waals surface area contributed by atoms with Crippen molar-refractivity contribution in [2.24, 2.45) is 0 Å². The Hall–Kier alpha value is -2.99. The fraction of sp³-hybridized carbons (Fsp3) is 0.150. The Bertz CT molecular complexity index is 964. The molecule has 0 saturated heterocycles. The number of hydrogen-bond donors (Lipinski definition) is 2. The Balaban J connectivity index is 1.86. The van der Waals surface area contributed by atoms with Gasteiger partial charge in [-0.2, -0.15) is 0 Å². The highest BCUT2D eigenvalue weighted by Crippen LogP contribution is 2.21. The second-order valence-corrected chi connectivity index (χ2v) is 6.90. The maximum Gasteiger partial charge on any atom is 0.271 e. The second kappa shape index (κ2) is 7.93. The number of hydrogen-bond acceptors (Lipinski definition) is 4. The number of amides is 2. The van der Waals surface area contributed by atoms with Crippen molar-refractivity contribution in [2.75, 3.05) is 6.54 Å². The summed E-state index contributed by atoms with van der Waals surface area (Å²) in [6, 6.07) is 13.6. The first-order valence-corrected chi connectivity index (χ1v) is 9.07. The molecule has 0 saturated carbocycles. The van der Waals surface area contributed by atoms with Crippen molar-refractivity contribution < 1.29 is 9.59 Å². The summed E-state index contributed by atoms with van der Waals surface area (Å²) in [5.74, 6) is -0.546. The van der Waals surface area contributed by atoms with Crippen LogP contribution in [0, 0.1) is 6.92 Å². The lowest BCUT2D eigenvalue weighted by Crippen LogP contribution is -2.37. The lowest BCUT2D eigenvalue weighted by atomic mass is 10.0. The first-order valence-electron chi connectivity index (χ1n) is 8.19. The van der Waals surface area contributed by atoms with Crippen LogP contribution in [0.5, 0.6) is 0 Å². The molecule has 0 fully saturated rings. The molecular formula is C20H19N3O2S. The summed E-state index contributed by atoms with van der Waals surface area (Å²) in [6.45, 7) is 5.57. The van der Waals surface area contributed by atoms with Gasteiger partial charge in [0, 0.05) is 11.9 Å². The zero-order valence-electron chi connectivity index (χ0n) is 14.4. The quantitative estimate of drug-likeness (QED) is 0.658. The summed E-state index contributed by atoms with van der Waals surface area (Å²) in [7, 11) is 0. The molecule has 0 aliphatic rings. The van der Waals surface area contributed by atoms with E-state index >= 15 is 0 Å². The van der Waals surface area contributed by atoms with Crippen molar-refractivity contribution in [1.29, 1.82) is 0 Å². The van der Waals surface area contributed by atoms with Crippen molar-refractivity contribution in [3.05, 3.63) is 76.8 Å². The van der Waals surface area contributed by atoms with Gasteiger partial charge in [0.05, 0.1) is 11.0 Å². The van der Waals surface area contributed by atoms with Gasteiger partial charge in [-0.25, -0.2) is 4.98 Å². The largest absolute Gasteiger partial charge is 0.350 e. The zero-order valence-corrected chi connectivity index (χ0v) is 15.2. The van der Waals surface area contributed by atoms with Crippen molar-refractivity contribution in [2.45, 2.75) is 13.0 Å². The van der Waals surface area contributed by atoms with Crippen LogP contribution in [0.2, 0.25) is 0 Å². The molecule has 0 spiro atoms. The smallest absolute Gasteiger partial charge is 0.271 e. The van der Waals surface area contributed by atoms with Gasteiger partial charge in [0.25, 0.3) is 5.91 Å². The lowest BCUT2D eigenvalue weighted by Gasteiger charge is -2.19. The van der Waals surface area contributed by atoms with Crippen LogP contribution in [0.4, 0.5) is 0 Å². The third-order valence-corrected chi connectivity index (χ3v) is 4.77. The Morgan fingerprint density at radius 3 is 2.69 bits per heavy atom. The normalized spacial score (nSPS) is 11.7. The predicted octanol–water partition coefficient (Wildman–Crippen LogP) is 3.38. The van der Waals surface area contributed by atoms with Gasteiger partial charge in [0.15, 0.2) is 0 Å². The van der Waals surface area contributed by atoms with E-state index in [1.54, 1.807) is 5.38 Å². The molecule has 1 atom stereocenters. The van der Waals surface area contributed by atoms with Crippen LogP contribution in [0.25, 0.3) is 10.8 Å². The second-order valence-electron chi connectivity index (χ2n) is 5.83. The SMILES string of the molecule is C=CC(=O)NCC(NC(=O)c1csc(C)n1)c1ccc2ccccc2c1. The summed E-state index contributed by atoms with van der Waals surface area (Å²) >= 11 is 1.42. The van der Waals surface area contributed by atoms with Crippen LogP contribution in [0.3, 0.4) is 0 Å². The van der Waals surface area contributed by atoms with E-state index in [4.69, 9.17) is 0 Å². The van der Waals surface area contributed by atoms with E-state index in [0.29, 0.717) is 5.69 Å². The minimum absolute atomic E-state index is 0.262. The highest BCUT2D eigenvalue weighted by molar-refractivity contribution is 7.09. The van der Waals surface area contributed by atoms with Gasteiger partial charge < -0.3 is 10.6 Å². The fourth-order valence-corrected chi connectivity index (χ4v) is 3.24. The Kier molecular flexibility index (Phi) is 5.43. The summed E-state index contributed by atoms with van der Waals surface area (Å²) in [6.07, 6.45) is 1.21. The minimum Gasteiger partial charge on any atom is -0.350 e. The molecule has 1 unspecified atom stereocenters. The number of aryl methyl sites for hydroxylation is 1. The topological polar surface area (TPSA) is 71.1 Å². The number of nitrogens with zero attached hydrogens (tertiary/aromatic N) is 1. The van der Waals surface area contributed by atoms with Gasteiger partial charge in [-0.05, 0) is 35.4 Å². The molecule has 3 rings (SSSR count). The minimum atomic E-state index is -0.377. The summed E-state index contributed by atoms with van der Waals surface area (Å²) < 4.78 is 0. The number of carbonyl (C=O) groups is 2. The van der Waals surface area contributed by atoms with Crippen molar-refractivity contribution in [3.63, 3.8) is 0 Å². The molecule has 0 aliphatic heterocycles. The summed E-state index contributed by atoms with van der Waals surface area (Å²) in [5, 5.41) is 10.5. The first kappa shape index (κ1) is 17.8. The van der Waals surface area contributed by atoms with Crippen molar-refractivity contribution >= 4 is 33.9 Å². The van der Waals surface area contributed by atoms with Gasteiger partial charge >= 0.3 is 0 Å². The number of carbonyl (C=O) groups excluding carboxylic acids is 2. The average Bonchev–Trinajstić information content (AvgIpc) is 3.10. The standard InChI is InChI=1S/C20H19N3O2S/c1-3-19(24)21-11-17(23-20(25)18-12-26-13(2)22-18)16-9-8-14-6-4-5-7-15(14)10-16/h3-10,12,17H,1,11H2,2H3,(H,21,24)(H,23,25). The Labute approximate surface area is 155 Å². The number of aromatic nitrogens is 1. The maximum atomic E-state index is 12.5. The number of benzene rings is 2. The summed E-state index contributed by atoms with van der Waals surface area (Å²) in [4.78, 5) is 28.3. The Morgan fingerprint density at radius 1 is 1.23 bits per heavy atom. The van der Waals surface area contributed by atoms with Gasteiger partial charge in [-0.1, -0.05) is 43.0 Å². The molecule has 5 nitrogen and oxygen atoms in total. The van der Waals surface area contributed by atoms with Crippen LogP contribution in [0.1, 0.15) is 27.1 Å². The molecule has 2 amide bonds. The molecule has 26 heavy (non-hydrogen) atoms. The molecule has 6 heteroatoms. The monoisotopic (exact) mass is 365 g/mol. The van der Waals surface area contributed by atoms with E-state index in [-0.39, 0.29) is 24.4 Å². The van der Waals surface area contributed by atoms with Crippen molar-refractivity contribution in [3.8, 4) is 0 Å². The highest BCUT2D eigenvalue weighted by atomic mass is 32.1. The molecule has 1 aromatic heterocycles. The molecule has 0 bridgehead atoms. The molecule has 1 heterocycles. The third kappa shape index (κ3) is 4.15. The zero-order chi connectivity index (χ0) is 18.5. The van der Waals surface area contributed by atoms with E-state index < -0.39 is 0 Å². The molecule has 2 aromatic carbocycles. The number of fused-ring (bicyclic) bond motifs is 1. The van der Waals surface area contributed by atoms with Gasteiger partial charge in [0.2, 0.25) is 5.91 Å². The van der Waals surface area contributed by atoms with Crippen LogP contribution in [-0.2, 0) is 4.79 Å². The van der Waals surface area contributed by atoms with Crippen LogP contribution in [-0.4, -0.2) is 23.3 Å². The van der Waals surface area contributed by atoms with E-state index in [9.17, 15) is 9.59 Å². The van der Waals surface area contributed by atoms with E-state index in [1.165, 1.54) is 17.4 Å². The maximum absolute atomic E-state index is 12.5. The van der Waals surface area contributed by atoms with Crippen LogP contribution in [0.15, 0.2) is 60.5 Å². The predicted molar refractivity (Wildman–Crippen MR) is 104 cm³/mol. The van der Waals surface area contributed by atoms with E-state index in [0.717, 1.165) is 21.3 Å². The molecule has 0 radical (unpaired) electrons. The molecule has 2 N–H and O–H groups in total. The van der Waals surface area contributed by atoms with E-state index in [2.05, 4.69) is 22.2 Å². The van der Waals surface area contributed by atoms with Crippen LogP contribution < -0.4 is 10.6 Å². The lowest BCUT2D eigenvalue weighted by molar-refractivity contribution is -0.116. The average molecular weight is 365 g/mol. The first-order chi connectivity index (χ1) is 12.6. The molecule has 0 aliphatic carbocycles. The highest BCUT2D eigenvalue weighted by Gasteiger charge is 2.18. The van der Waals surface area contributed by atoms with Crippen LogP contribution >= 0.6 is 11.3 Å². The van der Waals surface area contributed by atoms with Gasteiger partial charge in [-0.15, -0.1) is 11.3 Å². The third-order valence-electron chi connectivity index (χ3n) is 4.00.